The van der Waals surface area contributed by atoms with Crippen LogP contribution in [0.5, 0.6) is 17.2 Å². The molecule has 0 saturated heterocycles. The van der Waals surface area contributed by atoms with Crippen LogP contribution in [0, 0.1) is 12.7 Å². The van der Waals surface area contributed by atoms with Gasteiger partial charge in [-0.05, 0) is 55.5 Å². The van der Waals surface area contributed by atoms with Crippen LogP contribution in [0.25, 0.3) is 0 Å². The molecular formula is C20H15F4N3O3. The zero-order valence-corrected chi connectivity index (χ0v) is 15.5. The van der Waals surface area contributed by atoms with Gasteiger partial charge < -0.3 is 20.5 Å². The molecule has 0 fully saturated rings. The number of anilines is 2. The molecule has 2 aromatic carbocycles. The number of carbonyl (C=O) groups is 1. The standard InChI is InChI=1S/C20H15F4N3O3/c1-11-2-8-15(18(25)26-11)19(28)27-12-3-5-13(6-4-12)29-17-10-14(7-9-16(17)21)30-20(22,23)24/h2-10H,1H3,(H2,25,26)(H,27,28). The van der Waals surface area contributed by atoms with E-state index < -0.39 is 29.6 Å². The second-order valence-corrected chi connectivity index (χ2v) is 6.11. The summed E-state index contributed by atoms with van der Waals surface area (Å²) in [7, 11) is 0. The number of hydrogen-bond donors (Lipinski definition) is 2. The highest BCUT2D eigenvalue weighted by Crippen LogP contribution is 2.31. The monoisotopic (exact) mass is 421 g/mol. The van der Waals surface area contributed by atoms with Crippen molar-refractivity contribution < 1.29 is 31.8 Å². The molecule has 0 aliphatic rings. The van der Waals surface area contributed by atoms with E-state index in [0.717, 1.165) is 18.2 Å². The fourth-order valence-electron chi connectivity index (χ4n) is 2.46. The van der Waals surface area contributed by atoms with Crippen molar-refractivity contribution in [2.24, 2.45) is 0 Å². The lowest BCUT2D eigenvalue weighted by molar-refractivity contribution is -0.274. The van der Waals surface area contributed by atoms with Crippen molar-refractivity contribution in [3.8, 4) is 17.2 Å². The first-order chi connectivity index (χ1) is 14.1. The highest BCUT2D eigenvalue weighted by atomic mass is 19.4. The summed E-state index contributed by atoms with van der Waals surface area (Å²) in [6.45, 7) is 1.74. The summed E-state index contributed by atoms with van der Waals surface area (Å²) in [5.74, 6) is -2.20. The smallest absolute Gasteiger partial charge is 0.454 e. The van der Waals surface area contributed by atoms with E-state index in [2.05, 4.69) is 15.0 Å². The largest absolute Gasteiger partial charge is 0.573 e. The Hall–Kier alpha value is -3.82. The molecule has 6 nitrogen and oxygen atoms in total. The molecule has 10 heteroatoms. The average Bonchev–Trinajstić information content (AvgIpc) is 2.64. The zero-order valence-electron chi connectivity index (χ0n) is 15.5. The van der Waals surface area contributed by atoms with E-state index >= 15 is 0 Å². The number of nitrogen functional groups attached to an aromatic ring is 1. The van der Waals surface area contributed by atoms with Gasteiger partial charge in [0.1, 0.15) is 17.3 Å². The van der Waals surface area contributed by atoms with Crippen LogP contribution in [-0.4, -0.2) is 17.3 Å². The number of nitrogens with zero attached hydrogens (tertiary/aromatic N) is 1. The van der Waals surface area contributed by atoms with Gasteiger partial charge in [-0.15, -0.1) is 13.2 Å². The van der Waals surface area contributed by atoms with E-state index in [0.29, 0.717) is 11.4 Å². The second kappa shape index (κ2) is 8.27. The number of ether oxygens (including phenoxy) is 2. The average molecular weight is 421 g/mol. The van der Waals surface area contributed by atoms with Gasteiger partial charge in [0, 0.05) is 17.4 Å². The highest BCUT2D eigenvalue weighted by Gasteiger charge is 2.31. The Bertz CT molecular complexity index is 1070. The van der Waals surface area contributed by atoms with E-state index in [9.17, 15) is 22.4 Å². The number of halogens is 4. The van der Waals surface area contributed by atoms with Crippen LogP contribution in [0.4, 0.5) is 29.1 Å². The Morgan fingerprint density at radius 3 is 2.33 bits per heavy atom. The molecular weight excluding hydrogens is 406 g/mol. The maximum Gasteiger partial charge on any atom is 0.573 e. The van der Waals surface area contributed by atoms with Crippen molar-refractivity contribution in [1.29, 1.82) is 0 Å². The Morgan fingerprint density at radius 2 is 1.70 bits per heavy atom. The number of benzene rings is 2. The summed E-state index contributed by atoms with van der Waals surface area (Å²) in [5, 5.41) is 2.62. The van der Waals surface area contributed by atoms with Crippen LogP contribution < -0.4 is 20.5 Å². The number of nitrogens with one attached hydrogen (secondary N) is 1. The van der Waals surface area contributed by atoms with Gasteiger partial charge in [0.15, 0.2) is 11.6 Å². The third-order valence-electron chi connectivity index (χ3n) is 3.78. The van der Waals surface area contributed by atoms with Gasteiger partial charge in [-0.3, -0.25) is 4.79 Å². The van der Waals surface area contributed by atoms with E-state index in [1.54, 1.807) is 19.1 Å². The molecule has 0 atom stereocenters. The first-order valence-corrected chi connectivity index (χ1v) is 8.48. The summed E-state index contributed by atoms with van der Waals surface area (Å²) in [4.78, 5) is 16.3. The van der Waals surface area contributed by atoms with Gasteiger partial charge in [0.2, 0.25) is 0 Å². The molecule has 156 valence electrons. The zero-order chi connectivity index (χ0) is 21.9. The summed E-state index contributed by atoms with van der Waals surface area (Å²) < 4.78 is 59.8. The van der Waals surface area contributed by atoms with Crippen LogP contribution >= 0.6 is 0 Å². The molecule has 0 aliphatic carbocycles. The Morgan fingerprint density at radius 1 is 1.03 bits per heavy atom. The number of hydrogen-bond acceptors (Lipinski definition) is 5. The molecule has 0 radical (unpaired) electrons. The molecule has 0 bridgehead atoms. The fourth-order valence-corrected chi connectivity index (χ4v) is 2.46. The summed E-state index contributed by atoms with van der Waals surface area (Å²) >= 11 is 0. The topological polar surface area (TPSA) is 86.5 Å². The van der Waals surface area contributed by atoms with Crippen LogP contribution in [0.2, 0.25) is 0 Å². The predicted molar refractivity (Wildman–Crippen MR) is 101 cm³/mol. The van der Waals surface area contributed by atoms with E-state index in [4.69, 9.17) is 10.5 Å². The van der Waals surface area contributed by atoms with Crippen LogP contribution in [0.3, 0.4) is 0 Å². The fraction of sp³-hybridized carbons (Fsp3) is 0.100. The van der Waals surface area contributed by atoms with E-state index in [1.807, 2.05) is 0 Å². The van der Waals surface area contributed by atoms with Gasteiger partial charge in [0.05, 0.1) is 5.56 Å². The molecule has 30 heavy (non-hydrogen) atoms. The molecule has 1 amide bonds. The molecule has 1 aromatic heterocycles. The number of aromatic nitrogens is 1. The molecule has 3 rings (SSSR count). The molecule has 0 saturated carbocycles. The number of pyridine rings is 1. The summed E-state index contributed by atoms with van der Waals surface area (Å²) in [6, 6.07) is 11.4. The first kappa shape index (κ1) is 20.9. The van der Waals surface area contributed by atoms with Crippen LogP contribution in [0.1, 0.15) is 16.1 Å². The first-order valence-electron chi connectivity index (χ1n) is 8.48. The minimum absolute atomic E-state index is 0.0869. The quantitative estimate of drug-likeness (QED) is 0.563. The Labute approximate surface area is 168 Å². The molecule has 3 N–H and O–H groups in total. The van der Waals surface area contributed by atoms with Crippen molar-refractivity contribution in [2.75, 3.05) is 11.1 Å². The molecule has 0 unspecified atom stereocenters. The van der Waals surface area contributed by atoms with Crippen molar-refractivity contribution in [3.05, 3.63) is 71.7 Å². The SMILES string of the molecule is Cc1ccc(C(=O)Nc2ccc(Oc3cc(OC(F)(F)F)ccc3F)cc2)c(N)n1. The third-order valence-corrected chi connectivity index (χ3v) is 3.78. The lowest BCUT2D eigenvalue weighted by Crippen LogP contribution is -2.17. The highest BCUT2D eigenvalue weighted by molar-refractivity contribution is 6.07. The third kappa shape index (κ3) is 5.37. The molecule has 0 spiro atoms. The maximum absolute atomic E-state index is 13.9. The maximum atomic E-state index is 13.9. The Balaban J connectivity index is 1.70. The Kier molecular flexibility index (Phi) is 5.77. The summed E-state index contributed by atoms with van der Waals surface area (Å²) in [5.41, 5.74) is 7.00. The molecule has 0 aliphatic heterocycles. The van der Waals surface area contributed by atoms with E-state index in [1.165, 1.54) is 24.3 Å². The number of alkyl halides is 3. The van der Waals surface area contributed by atoms with Crippen molar-refractivity contribution in [1.82, 2.24) is 4.98 Å². The van der Waals surface area contributed by atoms with Gasteiger partial charge in [-0.2, -0.15) is 0 Å². The van der Waals surface area contributed by atoms with Gasteiger partial charge in [0.25, 0.3) is 5.91 Å². The van der Waals surface area contributed by atoms with Crippen molar-refractivity contribution >= 4 is 17.4 Å². The lowest BCUT2D eigenvalue weighted by atomic mass is 10.2. The number of nitrogens with two attached hydrogens (primary N) is 1. The van der Waals surface area contributed by atoms with Crippen molar-refractivity contribution in [2.45, 2.75) is 13.3 Å². The molecule has 1 heterocycles. The van der Waals surface area contributed by atoms with Gasteiger partial charge in [-0.1, -0.05) is 0 Å². The lowest BCUT2D eigenvalue weighted by Gasteiger charge is -2.12. The molecule has 3 aromatic rings. The number of rotatable bonds is 5. The van der Waals surface area contributed by atoms with Crippen molar-refractivity contribution in [3.63, 3.8) is 0 Å². The van der Waals surface area contributed by atoms with Gasteiger partial charge in [-0.25, -0.2) is 9.37 Å². The number of carbonyl (C=O) groups excluding carboxylic acids is 1. The second-order valence-electron chi connectivity index (χ2n) is 6.11. The normalized spacial score (nSPS) is 11.1. The minimum Gasteiger partial charge on any atom is -0.454 e. The number of aryl methyl sites for hydroxylation is 1. The van der Waals surface area contributed by atoms with E-state index in [-0.39, 0.29) is 17.1 Å². The number of amides is 1. The van der Waals surface area contributed by atoms with Crippen LogP contribution in [0.15, 0.2) is 54.6 Å². The predicted octanol–water partition coefficient (Wildman–Crippen LogP) is 5.05. The summed E-state index contributed by atoms with van der Waals surface area (Å²) in [6.07, 6.45) is -4.91. The van der Waals surface area contributed by atoms with Gasteiger partial charge >= 0.3 is 6.36 Å². The van der Waals surface area contributed by atoms with Crippen LogP contribution in [-0.2, 0) is 0 Å². The minimum atomic E-state index is -4.91.